The lowest BCUT2D eigenvalue weighted by molar-refractivity contribution is -0.944. The molecular formula is C19H29N6O+. The molecule has 0 saturated carbocycles. The lowest BCUT2D eigenvalue weighted by Gasteiger charge is -2.37. The SMILES string of the molecule is CC[N+](CC)(CC)Cn1ccc2c1N(Nc1cccc(OC)c1)CN=N2. The van der Waals surface area contributed by atoms with Gasteiger partial charge in [0.15, 0.2) is 19.2 Å². The van der Waals surface area contributed by atoms with Crippen LogP contribution in [0.3, 0.4) is 0 Å². The largest absolute Gasteiger partial charge is 0.497 e. The lowest BCUT2D eigenvalue weighted by atomic mass is 10.3. The zero-order valence-corrected chi connectivity index (χ0v) is 16.1. The van der Waals surface area contributed by atoms with E-state index in [1.807, 2.05) is 35.3 Å². The van der Waals surface area contributed by atoms with Gasteiger partial charge in [-0.05, 0) is 39.0 Å². The van der Waals surface area contributed by atoms with Crippen molar-refractivity contribution < 1.29 is 9.22 Å². The van der Waals surface area contributed by atoms with Crippen LogP contribution in [0.2, 0.25) is 0 Å². The van der Waals surface area contributed by atoms with E-state index in [9.17, 15) is 0 Å². The van der Waals surface area contributed by atoms with Gasteiger partial charge in [-0.15, -0.1) is 0 Å². The third kappa shape index (κ3) is 3.53. The molecule has 1 aliphatic heterocycles. The zero-order valence-electron chi connectivity index (χ0n) is 16.1. The van der Waals surface area contributed by atoms with Gasteiger partial charge >= 0.3 is 0 Å². The fourth-order valence-electron chi connectivity index (χ4n) is 3.41. The molecule has 3 rings (SSSR count). The van der Waals surface area contributed by atoms with E-state index in [4.69, 9.17) is 4.74 Å². The maximum atomic E-state index is 5.32. The Morgan fingerprint density at radius 2 is 1.92 bits per heavy atom. The van der Waals surface area contributed by atoms with Crippen LogP contribution >= 0.6 is 0 Å². The minimum atomic E-state index is 0.471. The topological polar surface area (TPSA) is 54.1 Å². The first kappa shape index (κ1) is 18.3. The first-order chi connectivity index (χ1) is 12.6. The van der Waals surface area contributed by atoms with Crippen LogP contribution in [-0.2, 0) is 6.67 Å². The number of nitrogens with zero attached hydrogens (tertiary/aromatic N) is 5. The van der Waals surface area contributed by atoms with Gasteiger partial charge in [0.25, 0.3) is 0 Å². The number of fused-ring (bicyclic) bond motifs is 1. The van der Waals surface area contributed by atoms with Crippen LogP contribution in [0.5, 0.6) is 5.75 Å². The van der Waals surface area contributed by atoms with E-state index in [1.165, 1.54) is 0 Å². The molecule has 1 aromatic carbocycles. The fourth-order valence-corrected chi connectivity index (χ4v) is 3.41. The van der Waals surface area contributed by atoms with E-state index in [2.05, 4.69) is 47.2 Å². The molecule has 0 spiro atoms. The summed E-state index contributed by atoms with van der Waals surface area (Å²) in [6, 6.07) is 9.94. The summed E-state index contributed by atoms with van der Waals surface area (Å²) < 4.78 is 8.65. The van der Waals surface area contributed by atoms with Gasteiger partial charge < -0.3 is 9.22 Å². The van der Waals surface area contributed by atoms with Gasteiger partial charge in [-0.1, -0.05) is 6.07 Å². The molecule has 0 bridgehead atoms. The predicted molar refractivity (Wildman–Crippen MR) is 105 cm³/mol. The second kappa shape index (κ2) is 7.78. The molecule has 0 saturated heterocycles. The highest BCUT2D eigenvalue weighted by Gasteiger charge is 2.27. The minimum absolute atomic E-state index is 0.471. The molecule has 2 heterocycles. The van der Waals surface area contributed by atoms with Crippen LogP contribution < -0.4 is 15.2 Å². The first-order valence-electron chi connectivity index (χ1n) is 9.24. The Bertz CT molecular complexity index is 757. The lowest BCUT2D eigenvalue weighted by Crippen LogP contribution is -2.49. The molecule has 140 valence electrons. The number of hydrogen-bond acceptors (Lipinski definition) is 5. The number of ether oxygens (including phenoxy) is 1. The number of rotatable bonds is 8. The number of anilines is 2. The van der Waals surface area contributed by atoms with E-state index in [1.54, 1.807) is 7.11 Å². The van der Waals surface area contributed by atoms with Crippen molar-refractivity contribution in [1.82, 2.24) is 4.57 Å². The van der Waals surface area contributed by atoms with Crippen LogP contribution in [0.4, 0.5) is 17.2 Å². The Hall–Kier alpha value is -2.54. The van der Waals surface area contributed by atoms with Crippen molar-refractivity contribution in [2.24, 2.45) is 10.2 Å². The van der Waals surface area contributed by atoms with Gasteiger partial charge in [0, 0.05) is 12.3 Å². The van der Waals surface area contributed by atoms with Crippen molar-refractivity contribution in [3.8, 4) is 5.75 Å². The van der Waals surface area contributed by atoms with Crippen LogP contribution in [0.25, 0.3) is 0 Å². The Labute approximate surface area is 155 Å². The fraction of sp³-hybridized carbons (Fsp3) is 0.474. The minimum Gasteiger partial charge on any atom is -0.497 e. The maximum Gasteiger partial charge on any atom is 0.161 e. The molecule has 0 amide bonds. The number of azo groups is 1. The van der Waals surface area contributed by atoms with Crippen molar-refractivity contribution in [2.45, 2.75) is 27.4 Å². The van der Waals surface area contributed by atoms with Gasteiger partial charge in [-0.3, -0.25) is 9.99 Å². The van der Waals surface area contributed by atoms with E-state index in [0.717, 1.165) is 53.7 Å². The summed E-state index contributed by atoms with van der Waals surface area (Å²) in [5.74, 6) is 1.88. The average Bonchev–Trinajstić information content (AvgIpc) is 3.10. The molecule has 1 N–H and O–H groups in total. The van der Waals surface area contributed by atoms with Crippen LogP contribution in [0.1, 0.15) is 20.8 Å². The molecular weight excluding hydrogens is 328 g/mol. The monoisotopic (exact) mass is 357 g/mol. The third-order valence-corrected chi connectivity index (χ3v) is 5.35. The maximum absolute atomic E-state index is 5.32. The van der Waals surface area contributed by atoms with Crippen LogP contribution in [0.15, 0.2) is 46.8 Å². The molecule has 0 fully saturated rings. The Kier molecular flexibility index (Phi) is 5.46. The molecule has 1 aromatic heterocycles. The third-order valence-electron chi connectivity index (χ3n) is 5.35. The van der Waals surface area contributed by atoms with E-state index in [-0.39, 0.29) is 0 Å². The molecule has 2 aromatic rings. The van der Waals surface area contributed by atoms with Crippen molar-refractivity contribution in [1.29, 1.82) is 0 Å². The van der Waals surface area contributed by atoms with Crippen molar-refractivity contribution in [3.63, 3.8) is 0 Å². The van der Waals surface area contributed by atoms with Crippen LogP contribution in [0, 0.1) is 0 Å². The highest BCUT2D eigenvalue weighted by atomic mass is 16.5. The highest BCUT2D eigenvalue weighted by Crippen LogP contribution is 2.35. The summed E-state index contributed by atoms with van der Waals surface area (Å²) in [5.41, 5.74) is 5.31. The molecule has 0 radical (unpaired) electrons. The highest BCUT2D eigenvalue weighted by molar-refractivity contribution is 5.67. The second-order valence-corrected chi connectivity index (χ2v) is 6.58. The van der Waals surface area contributed by atoms with E-state index in [0.29, 0.717) is 6.67 Å². The summed E-state index contributed by atoms with van der Waals surface area (Å²) >= 11 is 0. The smallest absolute Gasteiger partial charge is 0.161 e. The summed E-state index contributed by atoms with van der Waals surface area (Å²) in [6.07, 6.45) is 2.11. The molecule has 0 atom stereocenters. The van der Waals surface area contributed by atoms with Gasteiger partial charge in [0.2, 0.25) is 0 Å². The zero-order chi connectivity index (χ0) is 18.6. The molecule has 0 aliphatic carbocycles. The van der Waals surface area contributed by atoms with Crippen molar-refractivity contribution in [3.05, 3.63) is 36.5 Å². The molecule has 7 heteroatoms. The predicted octanol–water partition coefficient (Wildman–Crippen LogP) is 4.22. The Balaban J connectivity index is 1.89. The average molecular weight is 357 g/mol. The molecule has 26 heavy (non-hydrogen) atoms. The van der Waals surface area contributed by atoms with Gasteiger partial charge in [-0.2, -0.15) is 10.2 Å². The molecule has 7 nitrogen and oxygen atoms in total. The summed E-state index contributed by atoms with van der Waals surface area (Å²) in [7, 11) is 1.68. The standard InChI is InChI=1S/C19H29N6O/c1-5-25(6-2,7-3)15-23-12-11-18-19(23)24(14-20-21-18)22-16-9-8-10-17(13-16)26-4/h8-13,22H,5-7,14-15H2,1-4H3/q+1. The number of hydrazine groups is 1. The van der Waals surface area contributed by atoms with E-state index < -0.39 is 0 Å². The van der Waals surface area contributed by atoms with Gasteiger partial charge in [-0.25, -0.2) is 5.01 Å². The normalized spacial score (nSPS) is 13.6. The number of methoxy groups -OCH3 is 1. The van der Waals surface area contributed by atoms with Gasteiger partial charge in [0.1, 0.15) is 11.4 Å². The number of aromatic nitrogens is 1. The Morgan fingerprint density at radius 3 is 2.62 bits per heavy atom. The number of nitrogens with one attached hydrogen (secondary N) is 1. The first-order valence-corrected chi connectivity index (χ1v) is 9.24. The van der Waals surface area contributed by atoms with E-state index >= 15 is 0 Å². The number of benzene rings is 1. The second-order valence-electron chi connectivity index (χ2n) is 6.58. The molecule has 1 aliphatic rings. The Morgan fingerprint density at radius 1 is 1.15 bits per heavy atom. The quantitative estimate of drug-likeness (QED) is 0.720. The van der Waals surface area contributed by atoms with Crippen LogP contribution in [-0.4, -0.2) is 42.5 Å². The summed E-state index contributed by atoms with van der Waals surface area (Å²) in [6.45, 7) is 11.5. The molecule has 0 unspecified atom stereocenters. The number of quaternary nitrogens is 1. The van der Waals surface area contributed by atoms with Crippen molar-refractivity contribution in [2.75, 3.05) is 43.8 Å². The van der Waals surface area contributed by atoms with Crippen molar-refractivity contribution >= 4 is 17.2 Å². The summed E-state index contributed by atoms with van der Waals surface area (Å²) in [5, 5.41) is 10.6. The summed E-state index contributed by atoms with van der Waals surface area (Å²) in [4.78, 5) is 0. The number of hydrogen-bond donors (Lipinski definition) is 1. The van der Waals surface area contributed by atoms with Gasteiger partial charge in [0.05, 0.1) is 32.4 Å².